The fourth-order valence-electron chi connectivity index (χ4n) is 2.05. The van der Waals surface area contributed by atoms with Gasteiger partial charge in [0.15, 0.2) is 0 Å². The molecule has 2 heterocycles. The van der Waals surface area contributed by atoms with Gasteiger partial charge < -0.3 is 9.88 Å². The van der Waals surface area contributed by atoms with E-state index in [1.54, 1.807) is 6.92 Å². The van der Waals surface area contributed by atoms with Crippen LogP contribution in [0.4, 0.5) is 5.82 Å². The molecule has 16 heavy (non-hydrogen) atoms. The molecule has 5 heteroatoms. The average Bonchev–Trinajstić information content (AvgIpc) is 2.29. The molecule has 0 aliphatic carbocycles. The van der Waals surface area contributed by atoms with E-state index in [0.29, 0.717) is 12.4 Å². The lowest BCUT2D eigenvalue weighted by Crippen LogP contribution is -2.39. The van der Waals surface area contributed by atoms with Gasteiger partial charge in [0.05, 0.1) is 6.33 Å². The molecule has 1 aliphatic heterocycles. The molecule has 0 spiro atoms. The predicted molar refractivity (Wildman–Crippen MR) is 60.5 cm³/mol. The number of Topliss-reactive ketones (excluding diaryl/α,β-unsaturated/α-hetero) is 1. The minimum absolute atomic E-state index is 0.0786. The smallest absolute Gasteiger partial charge is 0.252 e. The molecule has 0 radical (unpaired) electrons. The number of hydrogen-bond donors (Lipinski definition) is 1. The van der Waals surface area contributed by atoms with E-state index in [4.69, 9.17) is 0 Å². The van der Waals surface area contributed by atoms with Crippen molar-refractivity contribution in [2.75, 3.05) is 18.0 Å². The molecule has 1 saturated heterocycles. The van der Waals surface area contributed by atoms with E-state index in [2.05, 4.69) is 9.97 Å². The van der Waals surface area contributed by atoms with Crippen LogP contribution in [-0.4, -0.2) is 28.8 Å². The van der Waals surface area contributed by atoms with E-state index in [1.807, 2.05) is 4.90 Å². The van der Waals surface area contributed by atoms with Gasteiger partial charge >= 0.3 is 0 Å². The van der Waals surface area contributed by atoms with Crippen molar-refractivity contribution in [1.29, 1.82) is 0 Å². The molecule has 1 atom stereocenters. The number of aromatic amines is 1. The predicted octanol–water partition coefficient (Wildman–Crippen LogP) is 0.575. The maximum Gasteiger partial charge on any atom is 0.252 e. The third-order valence-electron chi connectivity index (χ3n) is 2.98. The fraction of sp³-hybridized carbons (Fsp3) is 0.545. The zero-order valence-electron chi connectivity index (χ0n) is 9.27. The van der Waals surface area contributed by atoms with Crippen molar-refractivity contribution in [2.45, 2.75) is 19.8 Å². The molecule has 0 bridgehead atoms. The molecule has 86 valence electrons. The first-order valence-electron chi connectivity index (χ1n) is 5.47. The molecule has 2 rings (SSSR count). The monoisotopic (exact) mass is 221 g/mol. The van der Waals surface area contributed by atoms with Gasteiger partial charge in [-0.1, -0.05) is 0 Å². The molecule has 1 unspecified atom stereocenters. The summed E-state index contributed by atoms with van der Waals surface area (Å²) in [6, 6.07) is 1.47. The van der Waals surface area contributed by atoms with Crippen LogP contribution in [0, 0.1) is 5.92 Å². The topological polar surface area (TPSA) is 66.1 Å². The summed E-state index contributed by atoms with van der Waals surface area (Å²) >= 11 is 0. The maximum absolute atomic E-state index is 11.3. The first kappa shape index (κ1) is 10.9. The number of rotatable bonds is 2. The first-order chi connectivity index (χ1) is 7.66. The number of ketones is 1. The van der Waals surface area contributed by atoms with Gasteiger partial charge in [-0.2, -0.15) is 0 Å². The molecule has 1 aliphatic rings. The standard InChI is InChI=1S/C11H15N3O2/c1-8(15)9-3-2-4-14(6-9)10-5-11(16)13-7-12-10/h5,7,9H,2-4,6H2,1H3,(H,12,13,16). The second-order valence-electron chi connectivity index (χ2n) is 4.17. The van der Waals surface area contributed by atoms with Gasteiger partial charge in [0.25, 0.3) is 5.56 Å². The van der Waals surface area contributed by atoms with E-state index >= 15 is 0 Å². The van der Waals surface area contributed by atoms with Crippen LogP contribution in [0.15, 0.2) is 17.2 Å². The number of hydrogen-bond acceptors (Lipinski definition) is 4. The lowest BCUT2D eigenvalue weighted by Gasteiger charge is -2.32. The van der Waals surface area contributed by atoms with Crippen LogP contribution in [0.3, 0.4) is 0 Å². The number of anilines is 1. The Balaban J connectivity index is 2.15. The van der Waals surface area contributed by atoms with Crippen LogP contribution in [0.5, 0.6) is 0 Å². The Labute approximate surface area is 93.5 Å². The normalized spacial score (nSPS) is 20.8. The molecule has 1 aromatic heterocycles. The van der Waals surface area contributed by atoms with Gasteiger partial charge in [0.2, 0.25) is 0 Å². The third-order valence-corrected chi connectivity index (χ3v) is 2.98. The summed E-state index contributed by atoms with van der Waals surface area (Å²) in [5.74, 6) is 0.957. The van der Waals surface area contributed by atoms with Crippen LogP contribution >= 0.6 is 0 Å². The van der Waals surface area contributed by atoms with Crippen molar-refractivity contribution in [3.05, 3.63) is 22.7 Å². The average molecular weight is 221 g/mol. The summed E-state index contributed by atoms with van der Waals surface area (Å²) in [4.78, 5) is 31.1. The van der Waals surface area contributed by atoms with Gasteiger partial charge in [0, 0.05) is 25.1 Å². The van der Waals surface area contributed by atoms with Crippen LogP contribution in [0.1, 0.15) is 19.8 Å². The first-order valence-corrected chi connectivity index (χ1v) is 5.47. The lowest BCUT2D eigenvalue weighted by molar-refractivity contribution is -0.120. The summed E-state index contributed by atoms with van der Waals surface area (Å²) in [6.07, 6.45) is 3.31. The Kier molecular flexibility index (Phi) is 3.03. The Bertz CT molecular complexity index is 441. The summed E-state index contributed by atoms with van der Waals surface area (Å²) in [5.41, 5.74) is -0.157. The summed E-state index contributed by atoms with van der Waals surface area (Å²) in [7, 11) is 0. The lowest BCUT2D eigenvalue weighted by atomic mass is 9.95. The van der Waals surface area contributed by atoms with Crippen LogP contribution in [-0.2, 0) is 4.79 Å². The Morgan fingerprint density at radius 2 is 2.44 bits per heavy atom. The highest BCUT2D eigenvalue weighted by atomic mass is 16.1. The van der Waals surface area contributed by atoms with Crippen LogP contribution in [0.2, 0.25) is 0 Å². The van der Waals surface area contributed by atoms with Crippen molar-refractivity contribution in [1.82, 2.24) is 9.97 Å². The molecule has 5 nitrogen and oxygen atoms in total. The number of nitrogens with zero attached hydrogens (tertiary/aromatic N) is 2. The Hall–Kier alpha value is -1.65. The van der Waals surface area contributed by atoms with Crippen molar-refractivity contribution < 1.29 is 4.79 Å². The maximum atomic E-state index is 11.3. The molecule has 1 aromatic rings. The van der Waals surface area contributed by atoms with Crippen LogP contribution in [0.25, 0.3) is 0 Å². The second kappa shape index (κ2) is 4.47. The zero-order valence-corrected chi connectivity index (χ0v) is 9.27. The highest BCUT2D eigenvalue weighted by molar-refractivity contribution is 5.79. The summed E-state index contributed by atoms with van der Waals surface area (Å²) in [6.45, 7) is 3.16. The van der Waals surface area contributed by atoms with Gasteiger partial charge in [-0.3, -0.25) is 9.59 Å². The fourth-order valence-corrected chi connectivity index (χ4v) is 2.05. The largest absolute Gasteiger partial charge is 0.356 e. The minimum Gasteiger partial charge on any atom is -0.356 e. The number of H-pyrrole nitrogens is 1. The van der Waals surface area contributed by atoms with Crippen LogP contribution < -0.4 is 10.5 Å². The molecular formula is C11H15N3O2. The van der Waals surface area contributed by atoms with E-state index in [9.17, 15) is 9.59 Å². The molecule has 1 N–H and O–H groups in total. The van der Waals surface area contributed by atoms with E-state index in [0.717, 1.165) is 19.4 Å². The molecular weight excluding hydrogens is 206 g/mol. The molecule has 1 fully saturated rings. The number of carbonyl (C=O) groups excluding carboxylic acids is 1. The minimum atomic E-state index is -0.157. The van der Waals surface area contributed by atoms with Gasteiger partial charge in [-0.25, -0.2) is 4.98 Å². The number of nitrogens with one attached hydrogen (secondary N) is 1. The van der Waals surface area contributed by atoms with E-state index in [1.165, 1.54) is 12.4 Å². The van der Waals surface area contributed by atoms with Crippen molar-refractivity contribution in [2.24, 2.45) is 5.92 Å². The summed E-state index contributed by atoms with van der Waals surface area (Å²) in [5, 5.41) is 0. The Morgan fingerprint density at radius 1 is 1.62 bits per heavy atom. The highest BCUT2D eigenvalue weighted by Gasteiger charge is 2.23. The van der Waals surface area contributed by atoms with Gasteiger partial charge in [-0.05, 0) is 19.8 Å². The van der Waals surface area contributed by atoms with Gasteiger partial charge in [-0.15, -0.1) is 0 Å². The van der Waals surface area contributed by atoms with Crippen molar-refractivity contribution >= 4 is 11.6 Å². The number of piperidine rings is 1. The van der Waals surface area contributed by atoms with Crippen molar-refractivity contribution in [3.63, 3.8) is 0 Å². The summed E-state index contributed by atoms with van der Waals surface area (Å²) < 4.78 is 0. The number of aromatic nitrogens is 2. The Morgan fingerprint density at radius 3 is 3.12 bits per heavy atom. The van der Waals surface area contributed by atoms with E-state index < -0.39 is 0 Å². The number of carbonyl (C=O) groups is 1. The quantitative estimate of drug-likeness (QED) is 0.793. The zero-order chi connectivity index (χ0) is 11.5. The molecule has 0 amide bonds. The second-order valence-corrected chi connectivity index (χ2v) is 4.17. The van der Waals surface area contributed by atoms with Crippen molar-refractivity contribution in [3.8, 4) is 0 Å². The molecule has 0 saturated carbocycles. The molecule has 0 aromatic carbocycles. The van der Waals surface area contributed by atoms with E-state index in [-0.39, 0.29) is 17.3 Å². The SMILES string of the molecule is CC(=O)C1CCCN(c2cc(=O)[nH]cn2)C1. The third kappa shape index (κ3) is 2.29. The van der Waals surface area contributed by atoms with Gasteiger partial charge in [0.1, 0.15) is 11.6 Å². The highest BCUT2D eigenvalue weighted by Crippen LogP contribution is 2.20.